The minimum absolute atomic E-state index is 0.0113. The summed E-state index contributed by atoms with van der Waals surface area (Å²) < 4.78 is 0. The van der Waals surface area contributed by atoms with Gasteiger partial charge in [0.15, 0.2) is 0 Å². The highest BCUT2D eigenvalue weighted by molar-refractivity contribution is 5.76. The number of amides is 2. The summed E-state index contributed by atoms with van der Waals surface area (Å²) in [4.78, 5) is 24.7. The number of nitrogens with zero attached hydrogens (tertiary/aromatic N) is 1. The number of carboxylic acid groups (broad SMARTS) is 1. The van der Waals surface area contributed by atoms with Crippen LogP contribution in [0.2, 0.25) is 0 Å². The van der Waals surface area contributed by atoms with Crippen LogP contribution in [0.25, 0.3) is 0 Å². The van der Waals surface area contributed by atoms with Gasteiger partial charge in [-0.1, -0.05) is 26.7 Å². The van der Waals surface area contributed by atoms with E-state index >= 15 is 0 Å². The van der Waals surface area contributed by atoms with Gasteiger partial charge in [-0.2, -0.15) is 0 Å². The van der Waals surface area contributed by atoms with Gasteiger partial charge in [0.2, 0.25) is 0 Å². The van der Waals surface area contributed by atoms with E-state index < -0.39 is 5.97 Å². The lowest BCUT2D eigenvalue weighted by Crippen LogP contribution is -2.58. The van der Waals surface area contributed by atoms with Crippen molar-refractivity contribution < 1.29 is 14.7 Å². The van der Waals surface area contributed by atoms with Gasteiger partial charge < -0.3 is 15.3 Å². The maximum Gasteiger partial charge on any atom is 0.317 e. The van der Waals surface area contributed by atoms with Gasteiger partial charge in [0.25, 0.3) is 0 Å². The fraction of sp³-hybridized carbons (Fsp3) is 0.875. The molecule has 21 heavy (non-hydrogen) atoms. The van der Waals surface area contributed by atoms with Crippen molar-refractivity contribution in [1.82, 2.24) is 10.2 Å². The van der Waals surface area contributed by atoms with Crippen molar-refractivity contribution in [3.8, 4) is 0 Å². The van der Waals surface area contributed by atoms with E-state index in [9.17, 15) is 9.59 Å². The number of urea groups is 1. The molecule has 0 aromatic heterocycles. The Labute approximate surface area is 127 Å². The molecule has 0 bridgehead atoms. The van der Waals surface area contributed by atoms with E-state index in [0.717, 1.165) is 18.8 Å². The topological polar surface area (TPSA) is 69.6 Å². The van der Waals surface area contributed by atoms with Gasteiger partial charge in [-0.15, -0.1) is 0 Å². The summed E-state index contributed by atoms with van der Waals surface area (Å²) in [6, 6.07) is 0.296. The molecule has 5 heteroatoms. The van der Waals surface area contributed by atoms with E-state index in [1.807, 2.05) is 0 Å². The number of rotatable bonds is 5. The molecule has 5 nitrogen and oxygen atoms in total. The first-order valence-electron chi connectivity index (χ1n) is 8.29. The number of nitrogens with one attached hydrogen (secondary N) is 1. The zero-order valence-electron chi connectivity index (χ0n) is 13.2. The first-order valence-corrected chi connectivity index (χ1v) is 8.29. The van der Waals surface area contributed by atoms with Gasteiger partial charge in [-0.25, -0.2) is 4.79 Å². The lowest BCUT2D eigenvalue weighted by atomic mass is 9.83. The standard InChI is InChI=1S/C16H28N2O3/c1-3-4-12-5-7-14(8-6-12)17-16(21)18-9-13(10-18)11(2)15(19)20/h11-14H,3-10H2,1-2H3,(H,17,21)(H,19,20). The van der Waals surface area contributed by atoms with Crippen LogP contribution in [0.4, 0.5) is 4.79 Å². The van der Waals surface area contributed by atoms with E-state index in [1.165, 1.54) is 25.7 Å². The molecule has 1 atom stereocenters. The Balaban J connectivity index is 1.66. The Morgan fingerprint density at radius 3 is 2.38 bits per heavy atom. The number of carboxylic acids is 1. The summed E-state index contributed by atoms with van der Waals surface area (Å²) in [5, 5.41) is 12.1. The van der Waals surface area contributed by atoms with Gasteiger partial charge in [-0.3, -0.25) is 4.79 Å². The van der Waals surface area contributed by atoms with Crippen LogP contribution in [0.1, 0.15) is 52.4 Å². The molecule has 1 unspecified atom stereocenters. The minimum Gasteiger partial charge on any atom is -0.481 e. The van der Waals surface area contributed by atoms with E-state index in [1.54, 1.807) is 11.8 Å². The lowest BCUT2D eigenvalue weighted by Gasteiger charge is -2.42. The second kappa shape index (κ2) is 7.14. The largest absolute Gasteiger partial charge is 0.481 e. The van der Waals surface area contributed by atoms with Crippen molar-refractivity contribution in [2.75, 3.05) is 13.1 Å². The predicted molar refractivity (Wildman–Crippen MR) is 81.0 cm³/mol. The number of hydrogen-bond donors (Lipinski definition) is 2. The summed E-state index contributed by atoms with van der Waals surface area (Å²) in [5.41, 5.74) is 0. The van der Waals surface area contributed by atoms with Crippen molar-refractivity contribution in [3.63, 3.8) is 0 Å². The van der Waals surface area contributed by atoms with Crippen molar-refractivity contribution in [1.29, 1.82) is 0 Å². The number of carbonyl (C=O) groups excluding carboxylic acids is 1. The molecule has 0 spiro atoms. The monoisotopic (exact) mass is 296 g/mol. The highest BCUT2D eigenvalue weighted by Gasteiger charge is 2.37. The zero-order chi connectivity index (χ0) is 15.4. The Bertz CT molecular complexity index is 372. The third-order valence-electron chi connectivity index (χ3n) is 5.16. The molecule has 2 fully saturated rings. The van der Waals surface area contributed by atoms with Crippen LogP contribution >= 0.6 is 0 Å². The molecule has 120 valence electrons. The van der Waals surface area contributed by atoms with Crippen molar-refractivity contribution >= 4 is 12.0 Å². The fourth-order valence-corrected chi connectivity index (χ4v) is 3.47. The smallest absolute Gasteiger partial charge is 0.317 e. The molecule has 1 heterocycles. The van der Waals surface area contributed by atoms with Crippen molar-refractivity contribution in [3.05, 3.63) is 0 Å². The first kappa shape index (κ1) is 16.1. The van der Waals surface area contributed by atoms with Gasteiger partial charge in [0.1, 0.15) is 0 Å². The molecule has 0 aromatic rings. The van der Waals surface area contributed by atoms with E-state index in [0.29, 0.717) is 19.1 Å². The van der Waals surface area contributed by atoms with Crippen molar-refractivity contribution in [2.45, 2.75) is 58.4 Å². The second-order valence-corrected chi connectivity index (χ2v) is 6.75. The zero-order valence-corrected chi connectivity index (χ0v) is 13.2. The number of hydrogen-bond acceptors (Lipinski definition) is 2. The number of carbonyl (C=O) groups is 2. The van der Waals surface area contributed by atoms with E-state index in [4.69, 9.17) is 5.11 Å². The molecule has 1 aliphatic heterocycles. The van der Waals surface area contributed by atoms with Gasteiger partial charge >= 0.3 is 12.0 Å². The molecular weight excluding hydrogens is 268 g/mol. The van der Waals surface area contributed by atoms with Crippen LogP contribution in [-0.2, 0) is 4.79 Å². The summed E-state index contributed by atoms with van der Waals surface area (Å²) in [7, 11) is 0. The molecule has 1 saturated carbocycles. The first-order chi connectivity index (χ1) is 10.0. The average molecular weight is 296 g/mol. The van der Waals surface area contributed by atoms with Crippen LogP contribution < -0.4 is 5.32 Å². The van der Waals surface area contributed by atoms with E-state index in [2.05, 4.69) is 12.2 Å². The molecule has 2 amide bonds. The molecule has 0 radical (unpaired) electrons. The number of aliphatic carboxylic acids is 1. The maximum absolute atomic E-state index is 12.1. The Kier molecular flexibility index (Phi) is 5.48. The van der Waals surface area contributed by atoms with Gasteiger partial charge in [0, 0.05) is 25.0 Å². The van der Waals surface area contributed by atoms with Crippen LogP contribution in [0.5, 0.6) is 0 Å². The molecule has 2 N–H and O–H groups in total. The molecular formula is C16H28N2O3. The van der Waals surface area contributed by atoms with Crippen molar-refractivity contribution in [2.24, 2.45) is 17.8 Å². The quantitative estimate of drug-likeness (QED) is 0.819. The third-order valence-corrected chi connectivity index (χ3v) is 5.16. The molecule has 2 rings (SSSR count). The fourth-order valence-electron chi connectivity index (χ4n) is 3.47. The maximum atomic E-state index is 12.1. The SMILES string of the molecule is CCCC1CCC(NC(=O)N2CC(C(C)C(=O)O)C2)CC1. The summed E-state index contributed by atoms with van der Waals surface area (Å²) >= 11 is 0. The van der Waals surface area contributed by atoms with Crippen LogP contribution in [0, 0.1) is 17.8 Å². The highest BCUT2D eigenvalue weighted by atomic mass is 16.4. The van der Waals surface area contributed by atoms with Crippen LogP contribution in [0.3, 0.4) is 0 Å². The van der Waals surface area contributed by atoms with Gasteiger partial charge in [-0.05, 0) is 31.6 Å². The summed E-state index contributed by atoms with van der Waals surface area (Å²) in [6.07, 6.45) is 7.16. The lowest BCUT2D eigenvalue weighted by molar-refractivity contribution is -0.144. The van der Waals surface area contributed by atoms with Crippen LogP contribution in [-0.4, -0.2) is 41.1 Å². The predicted octanol–water partition coefficient (Wildman–Crippen LogP) is 2.71. The highest BCUT2D eigenvalue weighted by Crippen LogP contribution is 2.28. The minimum atomic E-state index is -0.769. The molecule has 1 aliphatic carbocycles. The molecule has 0 aromatic carbocycles. The average Bonchev–Trinajstić information content (AvgIpc) is 2.39. The Morgan fingerprint density at radius 2 is 1.86 bits per heavy atom. The van der Waals surface area contributed by atoms with E-state index in [-0.39, 0.29) is 17.9 Å². The summed E-state index contributed by atoms with van der Waals surface area (Å²) in [6.45, 7) is 5.10. The third kappa shape index (κ3) is 4.11. The normalized spacial score (nSPS) is 27.8. The number of likely N-dealkylation sites (tertiary alicyclic amines) is 1. The molecule has 1 saturated heterocycles. The van der Waals surface area contributed by atoms with Gasteiger partial charge in [0.05, 0.1) is 5.92 Å². The van der Waals surface area contributed by atoms with Crippen LogP contribution in [0.15, 0.2) is 0 Å². The summed E-state index contributed by atoms with van der Waals surface area (Å²) in [5.74, 6) is -0.186. The Hall–Kier alpha value is -1.26. The Morgan fingerprint density at radius 1 is 1.24 bits per heavy atom. The molecule has 2 aliphatic rings. The second-order valence-electron chi connectivity index (χ2n) is 6.75.